The molecule has 2 amide bonds. The number of hydrogen-bond acceptors (Lipinski definition) is 5. The fraction of sp³-hybridized carbons (Fsp3) is 0.722. The van der Waals surface area contributed by atoms with Gasteiger partial charge in [-0.3, -0.25) is 4.79 Å². The lowest BCUT2D eigenvalue weighted by Crippen LogP contribution is -2.55. The zero-order valence-electron chi connectivity index (χ0n) is 16.4. The molecule has 142 valence electrons. The second-order valence-electron chi connectivity index (χ2n) is 7.17. The first-order valence-corrected chi connectivity index (χ1v) is 9.63. The van der Waals surface area contributed by atoms with Crippen LogP contribution in [0.25, 0.3) is 0 Å². The van der Waals surface area contributed by atoms with E-state index in [1.54, 1.807) is 0 Å². The molecule has 6 nitrogen and oxygen atoms in total. The van der Waals surface area contributed by atoms with E-state index in [4.69, 9.17) is 4.74 Å². The van der Waals surface area contributed by atoms with Gasteiger partial charge in [-0.15, -0.1) is 11.3 Å². The molecule has 0 bridgehead atoms. The summed E-state index contributed by atoms with van der Waals surface area (Å²) >= 11 is 1.43. The first-order valence-electron chi connectivity index (χ1n) is 8.81. The van der Waals surface area contributed by atoms with Crippen molar-refractivity contribution in [2.75, 3.05) is 6.54 Å². The number of aryl methyl sites for hydroxylation is 2. The van der Waals surface area contributed by atoms with Crippen LogP contribution in [0.4, 0.5) is 4.79 Å². The molecular weight excluding hydrogens is 338 g/mol. The van der Waals surface area contributed by atoms with E-state index in [0.29, 0.717) is 24.3 Å². The minimum Gasteiger partial charge on any atom is -0.444 e. The third-order valence-corrected chi connectivity index (χ3v) is 5.35. The maximum Gasteiger partial charge on any atom is 0.407 e. The molecule has 7 heteroatoms. The molecule has 0 atom stereocenters. The topological polar surface area (TPSA) is 80.3 Å². The number of rotatable bonds is 7. The third-order valence-electron chi connectivity index (χ3n) is 4.05. The lowest BCUT2D eigenvalue weighted by molar-refractivity contribution is 0.0502. The van der Waals surface area contributed by atoms with Crippen molar-refractivity contribution in [2.45, 2.75) is 78.9 Å². The van der Waals surface area contributed by atoms with E-state index in [2.05, 4.69) is 15.6 Å². The lowest BCUT2D eigenvalue weighted by Gasteiger charge is -2.33. The van der Waals surface area contributed by atoms with Crippen molar-refractivity contribution < 1.29 is 14.3 Å². The number of carbonyl (C=O) groups is 2. The van der Waals surface area contributed by atoms with Crippen LogP contribution in [-0.4, -0.2) is 34.7 Å². The highest BCUT2D eigenvalue weighted by atomic mass is 32.1. The van der Waals surface area contributed by atoms with E-state index in [0.717, 1.165) is 17.1 Å². The monoisotopic (exact) mass is 369 g/mol. The predicted molar refractivity (Wildman–Crippen MR) is 101 cm³/mol. The highest BCUT2D eigenvalue weighted by Gasteiger charge is 2.31. The average molecular weight is 370 g/mol. The van der Waals surface area contributed by atoms with Crippen LogP contribution in [0.15, 0.2) is 0 Å². The number of nitrogens with one attached hydrogen (secondary N) is 2. The molecule has 1 aromatic heterocycles. The number of hydrogen-bond donors (Lipinski definition) is 2. The summed E-state index contributed by atoms with van der Waals surface area (Å²) in [5, 5.41) is 6.84. The zero-order valence-corrected chi connectivity index (χ0v) is 17.2. The number of carbonyl (C=O) groups excluding carboxylic acids is 2. The Balaban J connectivity index is 2.82. The van der Waals surface area contributed by atoms with Gasteiger partial charge >= 0.3 is 6.09 Å². The summed E-state index contributed by atoms with van der Waals surface area (Å²) in [6.45, 7) is 13.6. The maximum absolute atomic E-state index is 12.7. The predicted octanol–water partition coefficient (Wildman–Crippen LogP) is 3.83. The van der Waals surface area contributed by atoms with Gasteiger partial charge in [0.05, 0.1) is 16.2 Å². The summed E-state index contributed by atoms with van der Waals surface area (Å²) in [5.41, 5.74) is -0.317. The fourth-order valence-electron chi connectivity index (χ4n) is 2.39. The molecule has 0 fully saturated rings. The van der Waals surface area contributed by atoms with E-state index < -0.39 is 17.2 Å². The lowest BCUT2D eigenvalue weighted by atomic mass is 9.92. The molecule has 0 aliphatic heterocycles. The quantitative estimate of drug-likeness (QED) is 0.765. The molecule has 1 aromatic rings. The standard InChI is InChI=1S/C18H31N3O3S/c1-8-13-20-12(4)14(25-13)15(22)21-18(9-2,10-3)11-19-16(23)24-17(5,6)7/h8-11H2,1-7H3,(H,19,23)(H,21,22). The van der Waals surface area contributed by atoms with Gasteiger partial charge in [0.15, 0.2) is 0 Å². The number of nitrogens with zero attached hydrogens (tertiary/aromatic N) is 1. The van der Waals surface area contributed by atoms with Gasteiger partial charge in [-0.05, 0) is 47.0 Å². The maximum atomic E-state index is 12.7. The van der Waals surface area contributed by atoms with Gasteiger partial charge in [-0.25, -0.2) is 9.78 Å². The van der Waals surface area contributed by atoms with Gasteiger partial charge in [0.2, 0.25) is 0 Å². The molecule has 0 saturated heterocycles. The van der Waals surface area contributed by atoms with Crippen molar-refractivity contribution in [1.29, 1.82) is 0 Å². The summed E-state index contributed by atoms with van der Waals surface area (Å²) in [5.74, 6) is -0.135. The smallest absolute Gasteiger partial charge is 0.407 e. The van der Waals surface area contributed by atoms with E-state index >= 15 is 0 Å². The summed E-state index contributed by atoms with van der Waals surface area (Å²) in [6, 6.07) is 0. The summed E-state index contributed by atoms with van der Waals surface area (Å²) < 4.78 is 5.28. The van der Waals surface area contributed by atoms with Crippen molar-refractivity contribution >= 4 is 23.3 Å². The Labute approximate surface area is 154 Å². The Kier molecular flexibility index (Phi) is 7.41. The number of ether oxygens (including phenoxy) is 1. The summed E-state index contributed by atoms with van der Waals surface area (Å²) in [6.07, 6.45) is 1.73. The van der Waals surface area contributed by atoms with Gasteiger partial charge in [0.1, 0.15) is 10.5 Å². The second kappa shape index (κ2) is 8.65. The van der Waals surface area contributed by atoms with Crippen LogP contribution in [0.3, 0.4) is 0 Å². The van der Waals surface area contributed by atoms with Crippen LogP contribution in [0.2, 0.25) is 0 Å². The normalized spacial score (nSPS) is 12.0. The van der Waals surface area contributed by atoms with Gasteiger partial charge in [0, 0.05) is 6.54 Å². The fourth-order valence-corrected chi connectivity index (χ4v) is 3.29. The molecular formula is C18H31N3O3S. The number of amides is 2. The number of aromatic nitrogens is 1. The third kappa shape index (κ3) is 6.30. The Morgan fingerprint density at radius 3 is 2.20 bits per heavy atom. The average Bonchev–Trinajstić information content (AvgIpc) is 2.91. The minimum absolute atomic E-state index is 0.135. The van der Waals surface area contributed by atoms with E-state index in [1.165, 1.54) is 11.3 Å². The molecule has 2 N–H and O–H groups in total. The van der Waals surface area contributed by atoms with Gasteiger partial charge in [-0.2, -0.15) is 0 Å². The van der Waals surface area contributed by atoms with Gasteiger partial charge in [0.25, 0.3) is 5.91 Å². The Hall–Kier alpha value is -1.63. The second-order valence-corrected chi connectivity index (χ2v) is 8.26. The van der Waals surface area contributed by atoms with Crippen LogP contribution in [0.5, 0.6) is 0 Å². The van der Waals surface area contributed by atoms with Crippen LogP contribution >= 0.6 is 11.3 Å². The highest BCUT2D eigenvalue weighted by Crippen LogP contribution is 2.21. The first-order chi connectivity index (χ1) is 11.6. The molecule has 0 aliphatic carbocycles. The molecule has 0 aromatic carbocycles. The van der Waals surface area contributed by atoms with Crippen molar-refractivity contribution in [3.63, 3.8) is 0 Å². The molecule has 0 aliphatic rings. The largest absolute Gasteiger partial charge is 0.444 e. The molecule has 25 heavy (non-hydrogen) atoms. The van der Waals surface area contributed by atoms with Crippen LogP contribution in [-0.2, 0) is 11.2 Å². The van der Waals surface area contributed by atoms with Gasteiger partial charge < -0.3 is 15.4 Å². The molecule has 0 radical (unpaired) electrons. The Morgan fingerprint density at radius 1 is 1.16 bits per heavy atom. The van der Waals surface area contributed by atoms with Crippen molar-refractivity contribution in [2.24, 2.45) is 0 Å². The van der Waals surface area contributed by atoms with Crippen molar-refractivity contribution in [1.82, 2.24) is 15.6 Å². The Morgan fingerprint density at radius 2 is 1.76 bits per heavy atom. The zero-order chi connectivity index (χ0) is 19.3. The molecule has 0 saturated carbocycles. The van der Waals surface area contributed by atoms with Crippen LogP contribution in [0.1, 0.15) is 74.8 Å². The molecule has 0 unspecified atom stereocenters. The SMILES string of the molecule is CCc1nc(C)c(C(=O)NC(CC)(CC)CNC(=O)OC(C)(C)C)s1. The van der Waals surface area contributed by atoms with Crippen LogP contribution < -0.4 is 10.6 Å². The molecule has 0 spiro atoms. The minimum atomic E-state index is -0.551. The number of alkyl carbamates (subject to hydrolysis) is 1. The van der Waals surface area contributed by atoms with Crippen molar-refractivity contribution in [3.8, 4) is 0 Å². The molecule has 1 heterocycles. The summed E-state index contributed by atoms with van der Waals surface area (Å²) in [4.78, 5) is 29.7. The molecule has 1 rings (SSSR count). The Bertz CT molecular complexity index is 601. The van der Waals surface area contributed by atoms with Crippen LogP contribution in [0, 0.1) is 6.92 Å². The summed E-state index contributed by atoms with van der Waals surface area (Å²) in [7, 11) is 0. The number of thiazole rings is 1. The van der Waals surface area contributed by atoms with E-state index in [1.807, 2.05) is 48.5 Å². The van der Waals surface area contributed by atoms with Gasteiger partial charge in [-0.1, -0.05) is 20.8 Å². The van der Waals surface area contributed by atoms with Crippen molar-refractivity contribution in [3.05, 3.63) is 15.6 Å². The van der Waals surface area contributed by atoms with E-state index in [-0.39, 0.29) is 5.91 Å². The highest BCUT2D eigenvalue weighted by molar-refractivity contribution is 7.13. The van der Waals surface area contributed by atoms with E-state index in [9.17, 15) is 9.59 Å². The first kappa shape index (κ1) is 21.4.